The SMILES string of the molecule is N=C/C(=C\Nc1cccc2ncccc12)C(=O)Nc1cnc(N2N=CCN2)c(Cl)c1. The van der Waals surface area contributed by atoms with E-state index in [2.05, 4.69) is 31.1 Å². The van der Waals surface area contributed by atoms with Crippen LogP contribution in [0.15, 0.2) is 65.7 Å². The Bertz CT molecular complexity index is 1170. The van der Waals surface area contributed by atoms with Crippen molar-refractivity contribution in [2.45, 2.75) is 0 Å². The van der Waals surface area contributed by atoms with Gasteiger partial charge in [-0.3, -0.25) is 9.78 Å². The van der Waals surface area contributed by atoms with E-state index in [1.165, 1.54) is 17.5 Å². The minimum absolute atomic E-state index is 0.127. The van der Waals surface area contributed by atoms with Crippen LogP contribution in [-0.4, -0.2) is 34.8 Å². The lowest BCUT2D eigenvalue weighted by Crippen LogP contribution is -2.29. The maximum absolute atomic E-state index is 12.6. The van der Waals surface area contributed by atoms with Gasteiger partial charge in [0, 0.05) is 35.9 Å². The molecule has 4 N–H and O–H groups in total. The van der Waals surface area contributed by atoms with Crippen molar-refractivity contribution in [1.82, 2.24) is 15.4 Å². The lowest BCUT2D eigenvalue weighted by Gasteiger charge is -2.15. The van der Waals surface area contributed by atoms with Crippen molar-refractivity contribution in [3.05, 3.63) is 65.6 Å². The Morgan fingerprint density at radius 2 is 2.17 bits per heavy atom. The third kappa shape index (κ3) is 4.12. The molecular formula is C20H17ClN8O. The molecule has 0 fully saturated rings. The van der Waals surface area contributed by atoms with Crippen molar-refractivity contribution < 1.29 is 4.79 Å². The normalized spacial score (nSPS) is 13.5. The molecule has 1 aromatic carbocycles. The smallest absolute Gasteiger partial charge is 0.258 e. The lowest BCUT2D eigenvalue weighted by molar-refractivity contribution is -0.112. The van der Waals surface area contributed by atoms with Crippen LogP contribution in [0.25, 0.3) is 10.9 Å². The van der Waals surface area contributed by atoms with Crippen LogP contribution in [0.5, 0.6) is 0 Å². The minimum atomic E-state index is -0.473. The van der Waals surface area contributed by atoms with E-state index in [0.717, 1.165) is 22.8 Å². The van der Waals surface area contributed by atoms with Gasteiger partial charge in [-0.2, -0.15) is 10.2 Å². The Morgan fingerprint density at radius 3 is 2.93 bits per heavy atom. The molecule has 9 nitrogen and oxygen atoms in total. The molecule has 0 bridgehead atoms. The molecule has 0 saturated heterocycles. The van der Waals surface area contributed by atoms with Crippen molar-refractivity contribution in [2.24, 2.45) is 5.10 Å². The number of hydrogen-bond acceptors (Lipinski definition) is 8. The predicted octanol–water partition coefficient (Wildman–Crippen LogP) is 3.18. The van der Waals surface area contributed by atoms with Gasteiger partial charge in [-0.1, -0.05) is 17.7 Å². The summed E-state index contributed by atoms with van der Waals surface area (Å²) >= 11 is 6.26. The topological polar surface area (TPSA) is 118 Å². The Labute approximate surface area is 176 Å². The molecule has 0 aliphatic carbocycles. The zero-order valence-corrected chi connectivity index (χ0v) is 16.4. The number of hydrazone groups is 1. The first-order valence-corrected chi connectivity index (χ1v) is 9.37. The Morgan fingerprint density at radius 1 is 1.27 bits per heavy atom. The van der Waals surface area contributed by atoms with Gasteiger partial charge in [0.1, 0.15) is 0 Å². The quantitative estimate of drug-likeness (QED) is 0.359. The molecule has 1 amide bonds. The number of pyridine rings is 2. The third-order valence-electron chi connectivity index (χ3n) is 4.26. The standard InChI is InChI=1S/C20H17ClN8O/c21-16-9-14(12-25-19(16)29-26-7-8-27-29)28-20(30)13(10-22)11-24-18-5-1-4-17-15(18)3-2-6-23-17/h1-7,9-12,22,24,27H,8H2,(H,28,30)/b13-11+,22-10?. The highest BCUT2D eigenvalue weighted by molar-refractivity contribution is 6.33. The number of benzene rings is 1. The van der Waals surface area contributed by atoms with Crippen LogP contribution in [0.2, 0.25) is 5.02 Å². The number of fused-ring (bicyclic) bond motifs is 1. The van der Waals surface area contributed by atoms with Crippen LogP contribution < -0.4 is 21.2 Å². The van der Waals surface area contributed by atoms with E-state index in [-0.39, 0.29) is 5.57 Å². The van der Waals surface area contributed by atoms with Gasteiger partial charge in [-0.25, -0.2) is 10.4 Å². The molecule has 1 aliphatic heterocycles. The van der Waals surface area contributed by atoms with Gasteiger partial charge in [0.05, 0.1) is 34.5 Å². The van der Waals surface area contributed by atoms with Gasteiger partial charge in [0.25, 0.3) is 5.91 Å². The zero-order valence-electron chi connectivity index (χ0n) is 15.6. The van der Waals surface area contributed by atoms with Gasteiger partial charge in [-0.05, 0) is 30.3 Å². The number of hydrogen-bond donors (Lipinski definition) is 4. The Hall–Kier alpha value is -3.82. The molecule has 0 saturated carbocycles. The van der Waals surface area contributed by atoms with Crippen LogP contribution in [0.1, 0.15) is 0 Å². The number of anilines is 3. The summed E-state index contributed by atoms with van der Waals surface area (Å²) in [7, 11) is 0. The predicted molar refractivity (Wildman–Crippen MR) is 119 cm³/mol. The van der Waals surface area contributed by atoms with Crippen molar-refractivity contribution >= 4 is 58.0 Å². The van der Waals surface area contributed by atoms with Gasteiger partial charge in [-0.15, -0.1) is 0 Å². The van der Waals surface area contributed by atoms with Crippen molar-refractivity contribution in [3.63, 3.8) is 0 Å². The number of hydrazine groups is 1. The number of rotatable bonds is 6. The molecule has 4 rings (SSSR count). The molecule has 150 valence electrons. The first kappa shape index (κ1) is 19.5. The fourth-order valence-corrected chi connectivity index (χ4v) is 3.08. The zero-order chi connectivity index (χ0) is 20.9. The second-order valence-electron chi connectivity index (χ2n) is 6.22. The molecule has 0 radical (unpaired) electrons. The summed E-state index contributed by atoms with van der Waals surface area (Å²) in [4.78, 5) is 21.1. The highest BCUT2D eigenvalue weighted by Gasteiger charge is 2.15. The number of carbonyl (C=O) groups excluding carboxylic acids is 1. The van der Waals surface area contributed by atoms with E-state index < -0.39 is 5.91 Å². The summed E-state index contributed by atoms with van der Waals surface area (Å²) in [5, 5.41) is 20.1. The summed E-state index contributed by atoms with van der Waals surface area (Å²) in [5.74, 6) is -0.0451. The highest BCUT2D eigenvalue weighted by Crippen LogP contribution is 2.26. The molecule has 10 heteroatoms. The van der Waals surface area contributed by atoms with Crippen molar-refractivity contribution in [1.29, 1.82) is 5.41 Å². The van der Waals surface area contributed by atoms with Crippen LogP contribution in [-0.2, 0) is 4.79 Å². The molecule has 3 aromatic rings. The summed E-state index contributed by atoms with van der Waals surface area (Å²) in [6.45, 7) is 0.587. The van der Waals surface area contributed by atoms with E-state index in [4.69, 9.17) is 17.0 Å². The number of nitrogens with zero attached hydrogens (tertiary/aromatic N) is 4. The minimum Gasteiger partial charge on any atom is -0.360 e. The second kappa shape index (κ2) is 8.68. The monoisotopic (exact) mass is 420 g/mol. The number of carbonyl (C=O) groups is 1. The molecule has 0 spiro atoms. The highest BCUT2D eigenvalue weighted by atomic mass is 35.5. The Kier molecular flexibility index (Phi) is 5.64. The van der Waals surface area contributed by atoms with Gasteiger partial charge >= 0.3 is 0 Å². The summed E-state index contributed by atoms with van der Waals surface area (Å²) in [6.07, 6.45) is 7.32. The molecule has 0 unspecified atom stereocenters. The Balaban J connectivity index is 1.49. The fraction of sp³-hybridized carbons (Fsp3) is 0.0500. The van der Waals surface area contributed by atoms with E-state index in [9.17, 15) is 4.79 Å². The molecule has 2 aromatic heterocycles. The molecule has 0 atom stereocenters. The number of aromatic nitrogens is 2. The maximum Gasteiger partial charge on any atom is 0.258 e. The average Bonchev–Trinajstić information content (AvgIpc) is 3.29. The lowest BCUT2D eigenvalue weighted by atomic mass is 10.2. The van der Waals surface area contributed by atoms with Gasteiger partial charge < -0.3 is 16.0 Å². The fourth-order valence-electron chi connectivity index (χ4n) is 2.84. The van der Waals surface area contributed by atoms with E-state index in [1.807, 2.05) is 30.3 Å². The van der Waals surface area contributed by atoms with Gasteiger partial charge in [0.15, 0.2) is 5.82 Å². The summed E-state index contributed by atoms with van der Waals surface area (Å²) in [5.41, 5.74) is 5.11. The first-order chi connectivity index (χ1) is 14.7. The third-order valence-corrected chi connectivity index (χ3v) is 4.53. The molecule has 3 heterocycles. The van der Waals surface area contributed by atoms with E-state index >= 15 is 0 Å². The second-order valence-corrected chi connectivity index (χ2v) is 6.63. The average molecular weight is 421 g/mol. The van der Waals surface area contributed by atoms with Crippen LogP contribution >= 0.6 is 11.6 Å². The largest absolute Gasteiger partial charge is 0.360 e. The maximum atomic E-state index is 12.6. The summed E-state index contributed by atoms with van der Waals surface area (Å²) in [6, 6.07) is 11.0. The van der Waals surface area contributed by atoms with Crippen LogP contribution in [0.3, 0.4) is 0 Å². The number of nitrogens with one attached hydrogen (secondary N) is 4. The first-order valence-electron chi connectivity index (χ1n) is 8.99. The summed E-state index contributed by atoms with van der Waals surface area (Å²) < 4.78 is 0. The van der Waals surface area contributed by atoms with E-state index in [1.54, 1.807) is 18.5 Å². The molecule has 30 heavy (non-hydrogen) atoms. The van der Waals surface area contributed by atoms with E-state index in [0.29, 0.717) is 23.1 Å². The number of amides is 1. The molecular weight excluding hydrogens is 404 g/mol. The number of halogens is 1. The van der Waals surface area contributed by atoms with Crippen molar-refractivity contribution in [3.8, 4) is 0 Å². The van der Waals surface area contributed by atoms with Crippen LogP contribution in [0.4, 0.5) is 17.2 Å². The molecule has 1 aliphatic rings. The van der Waals surface area contributed by atoms with Crippen LogP contribution in [0, 0.1) is 5.41 Å². The van der Waals surface area contributed by atoms with Crippen molar-refractivity contribution in [2.75, 3.05) is 22.3 Å². The van der Waals surface area contributed by atoms with Gasteiger partial charge in [0.2, 0.25) is 0 Å².